The summed E-state index contributed by atoms with van der Waals surface area (Å²) < 4.78 is 7.18. The highest BCUT2D eigenvalue weighted by Crippen LogP contribution is 2.07. The standard InChI is InChI=1S/C14H16N2O4/c1-3-15-11-8-6-5-7-10(11)13(18)16(14(15)19)9-12(17)20-4-2/h5-8H,3-4,9H2,1-2H3. The molecule has 0 aliphatic heterocycles. The molecule has 2 aromatic rings. The van der Waals surface area contributed by atoms with Crippen LogP contribution in [0.3, 0.4) is 0 Å². The highest BCUT2D eigenvalue weighted by molar-refractivity contribution is 5.78. The number of nitrogens with zero attached hydrogens (tertiary/aromatic N) is 2. The second-order valence-corrected chi connectivity index (χ2v) is 4.24. The van der Waals surface area contributed by atoms with Crippen LogP contribution in [-0.4, -0.2) is 21.7 Å². The van der Waals surface area contributed by atoms with Gasteiger partial charge >= 0.3 is 11.7 Å². The highest BCUT2D eigenvalue weighted by Gasteiger charge is 2.14. The summed E-state index contributed by atoms with van der Waals surface area (Å²) in [4.78, 5) is 36.1. The number of hydrogen-bond acceptors (Lipinski definition) is 4. The van der Waals surface area contributed by atoms with Gasteiger partial charge in [0.1, 0.15) is 6.54 Å². The van der Waals surface area contributed by atoms with E-state index in [4.69, 9.17) is 4.74 Å². The number of fused-ring (bicyclic) bond motifs is 1. The van der Waals surface area contributed by atoms with E-state index in [2.05, 4.69) is 0 Å². The van der Waals surface area contributed by atoms with E-state index in [0.717, 1.165) is 4.57 Å². The van der Waals surface area contributed by atoms with Crippen molar-refractivity contribution in [1.82, 2.24) is 9.13 Å². The van der Waals surface area contributed by atoms with Gasteiger partial charge in [0.2, 0.25) is 0 Å². The lowest BCUT2D eigenvalue weighted by atomic mass is 10.2. The molecule has 0 unspecified atom stereocenters. The molecule has 1 aromatic carbocycles. The summed E-state index contributed by atoms with van der Waals surface area (Å²) in [7, 11) is 0. The molecular formula is C14H16N2O4. The van der Waals surface area contributed by atoms with Crippen molar-refractivity contribution in [2.45, 2.75) is 26.9 Å². The van der Waals surface area contributed by atoms with Crippen LogP contribution in [0.5, 0.6) is 0 Å². The molecule has 6 heteroatoms. The van der Waals surface area contributed by atoms with Crippen molar-refractivity contribution in [3.8, 4) is 0 Å². The van der Waals surface area contributed by atoms with Crippen molar-refractivity contribution in [3.63, 3.8) is 0 Å². The van der Waals surface area contributed by atoms with Crippen molar-refractivity contribution in [1.29, 1.82) is 0 Å². The Labute approximate surface area is 115 Å². The first kappa shape index (κ1) is 14.0. The fraction of sp³-hybridized carbons (Fsp3) is 0.357. The molecule has 0 saturated heterocycles. The van der Waals surface area contributed by atoms with Crippen molar-refractivity contribution in [2.24, 2.45) is 0 Å². The van der Waals surface area contributed by atoms with Gasteiger partial charge in [-0.1, -0.05) is 12.1 Å². The lowest BCUT2D eigenvalue weighted by Crippen LogP contribution is -2.41. The van der Waals surface area contributed by atoms with Crippen molar-refractivity contribution < 1.29 is 9.53 Å². The molecular weight excluding hydrogens is 260 g/mol. The minimum atomic E-state index is -0.593. The average Bonchev–Trinajstić information content (AvgIpc) is 2.44. The van der Waals surface area contributed by atoms with Crippen molar-refractivity contribution in [2.75, 3.05) is 6.61 Å². The molecule has 1 heterocycles. The van der Waals surface area contributed by atoms with Crippen LogP contribution in [-0.2, 0) is 22.6 Å². The van der Waals surface area contributed by atoms with Gasteiger partial charge in [0, 0.05) is 6.54 Å². The fourth-order valence-corrected chi connectivity index (χ4v) is 2.15. The number of benzene rings is 1. The second-order valence-electron chi connectivity index (χ2n) is 4.24. The van der Waals surface area contributed by atoms with Crippen LogP contribution in [0.4, 0.5) is 0 Å². The largest absolute Gasteiger partial charge is 0.465 e. The molecule has 0 radical (unpaired) electrons. The highest BCUT2D eigenvalue weighted by atomic mass is 16.5. The third-order valence-corrected chi connectivity index (χ3v) is 3.04. The maximum absolute atomic E-state index is 12.3. The van der Waals surface area contributed by atoms with Crippen LogP contribution in [0, 0.1) is 0 Å². The molecule has 1 aromatic heterocycles. The number of aryl methyl sites for hydroxylation is 1. The number of para-hydroxylation sites is 1. The number of hydrogen-bond donors (Lipinski definition) is 0. The van der Waals surface area contributed by atoms with Gasteiger partial charge in [-0.05, 0) is 26.0 Å². The Bertz CT molecular complexity index is 758. The number of carbonyl (C=O) groups is 1. The second kappa shape index (κ2) is 5.73. The Morgan fingerprint density at radius 1 is 1.15 bits per heavy atom. The normalized spacial score (nSPS) is 10.7. The Kier molecular flexibility index (Phi) is 4.02. The van der Waals surface area contributed by atoms with Gasteiger partial charge in [0.05, 0.1) is 17.5 Å². The first-order chi connectivity index (χ1) is 9.60. The zero-order chi connectivity index (χ0) is 14.7. The average molecular weight is 276 g/mol. The molecule has 0 saturated carbocycles. The Hall–Kier alpha value is -2.37. The lowest BCUT2D eigenvalue weighted by Gasteiger charge is -2.11. The van der Waals surface area contributed by atoms with Gasteiger partial charge in [0.25, 0.3) is 5.56 Å². The molecule has 0 spiro atoms. The summed E-state index contributed by atoms with van der Waals surface area (Å²) in [5.41, 5.74) is -0.391. The minimum Gasteiger partial charge on any atom is -0.465 e. The predicted octanol–water partition coefficient (Wildman–Crippen LogP) is 0.746. The molecule has 20 heavy (non-hydrogen) atoms. The van der Waals surface area contributed by atoms with Crippen molar-refractivity contribution in [3.05, 3.63) is 45.1 Å². The quantitative estimate of drug-likeness (QED) is 0.772. The third-order valence-electron chi connectivity index (χ3n) is 3.04. The Morgan fingerprint density at radius 3 is 2.50 bits per heavy atom. The first-order valence-electron chi connectivity index (χ1n) is 6.48. The fourth-order valence-electron chi connectivity index (χ4n) is 2.15. The van der Waals surface area contributed by atoms with E-state index < -0.39 is 17.2 Å². The van der Waals surface area contributed by atoms with Gasteiger partial charge < -0.3 is 4.74 Å². The van der Waals surface area contributed by atoms with Crippen LogP contribution >= 0.6 is 0 Å². The van der Waals surface area contributed by atoms with Crippen LogP contribution < -0.4 is 11.2 Å². The first-order valence-corrected chi connectivity index (χ1v) is 6.48. The number of carbonyl (C=O) groups excluding carboxylic acids is 1. The molecule has 106 valence electrons. The molecule has 6 nitrogen and oxygen atoms in total. The van der Waals surface area contributed by atoms with Crippen LogP contribution in [0.15, 0.2) is 33.9 Å². The summed E-state index contributed by atoms with van der Waals surface area (Å²) in [6, 6.07) is 6.85. The van der Waals surface area contributed by atoms with Crippen LogP contribution in [0.1, 0.15) is 13.8 Å². The van der Waals surface area contributed by atoms with E-state index in [-0.39, 0.29) is 13.2 Å². The smallest absolute Gasteiger partial charge is 0.332 e. The number of rotatable bonds is 4. The SMILES string of the molecule is CCOC(=O)Cn1c(=O)c2ccccc2n(CC)c1=O. The van der Waals surface area contributed by atoms with Crippen LogP contribution in [0.25, 0.3) is 10.9 Å². The minimum absolute atomic E-state index is 0.211. The van der Waals surface area contributed by atoms with Crippen molar-refractivity contribution >= 4 is 16.9 Å². The van der Waals surface area contributed by atoms with E-state index in [0.29, 0.717) is 17.4 Å². The van der Waals surface area contributed by atoms with E-state index in [9.17, 15) is 14.4 Å². The molecule has 0 N–H and O–H groups in total. The van der Waals surface area contributed by atoms with Gasteiger partial charge in [-0.15, -0.1) is 0 Å². The molecule has 0 atom stereocenters. The summed E-state index contributed by atoms with van der Waals surface area (Å²) >= 11 is 0. The molecule has 0 aliphatic carbocycles. The van der Waals surface area contributed by atoms with E-state index in [1.165, 1.54) is 4.57 Å². The summed E-state index contributed by atoms with van der Waals surface area (Å²) in [6.07, 6.45) is 0. The predicted molar refractivity (Wildman–Crippen MR) is 74.8 cm³/mol. The molecule has 0 fully saturated rings. The van der Waals surface area contributed by atoms with Gasteiger partial charge in [-0.3, -0.25) is 14.2 Å². The van der Waals surface area contributed by atoms with Gasteiger partial charge in [0.15, 0.2) is 0 Å². The molecule has 0 aliphatic rings. The maximum atomic E-state index is 12.3. The molecule has 0 bridgehead atoms. The zero-order valence-electron chi connectivity index (χ0n) is 11.5. The van der Waals surface area contributed by atoms with Gasteiger partial charge in [-0.2, -0.15) is 0 Å². The zero-order valence-corrected chi connectivity index (χ0v) is 11.5. The Morgan fingerprint density at radius 2 is 1.85 bits per heavy atom. The van der Waals surface area contributed by atoms with Crippen LogP contribution in [0.2, 0.25) is 0 Å². The topological polar surface area (TPSA) is 70.3 Å². The summed E-state index contributed by atoms with van der Waals surface area (Å²) in [6.45, 7) is 3.75. The summed E-state index contributed by atoms with van der Waals surface area (Å²) in [5, 5.41) is 0.415. The number of esters is 1. The van der Waals surface area contributed by atoms with E-state index in [1.54, 1.807) is 31.2 Å². The van der Waals surface area contributed by atoms with E-state index in [1.807, 2.05) is 6.92 Å². The third kappa shape index (κ3) is 2.36. The number of aromatic nitrogens is 2. The van der Waals surface area contributed by atoms with Gasteiger partial charge in [-0.25, -0.2) is 9.36 Å². The monoisotopic (exact) mass is 276 g/mol. The maximum Gasteiger partial charge on any atom is 0.332 e. The Balaban J connectivity index is 2.69. The lowest BCUT2D eigenvalue weighted by molar-refractivity contribution is -0.143. The molecule has 2 rings (SSSR count). The molecule has 0 amide bonds. The summed E-state index contributed by atoms with van der Waals surface area (Å²) in [5.74, 6) is -0.593. The number of ether oxygens (including phenoxy) is 1. The van der Waals surface area contributed by atoms with E-state index >= 15 is 0 Å².